The van der Waals surface area contributed by atoms with Crippen molar-refractivity contribution in [2.24, 2.45) is 11.5 Å². The summed E-state index contributed by atoms with van der Waals surface area (Å²) in [5.74, 6) is 0. The molecule has 0 rings (SSSR count). The van der Waals surface area contributed by atoms with Gasteiger partial charge in [0.25, 0.3) is 0 Å². The molecule has 0 aromatic rings. The average Bonchev–Trinajstić information content (AvgIpc) is 1.97. The first kappa shape index (κ1) is 11.2. The van der Waals surface area contributed by atoms with Gasteiger partial charge in [-0.1, -0.05) is 0 Å². The smallest absolute Gasteiger partial charge is 0.312 e. The van der Waals surface area contributed by atoms with Gasteiger partial charge in [0.1, 0.15) is 0 Å². The zero-order valence-electron chi connectivity index (χ0n) is 6.62. The number of rotatable bonds is 5. The first-order chi connectivity index (χ1) is 5.54. The lowest BCUT2D eigenvalue weighted by atomic mass is 10.2. The molecule has 0 saturated heterocycles. The van der Waals surface area contributed by atoms with Gasteiger partial charge < -0.3 is 16.8 Å². The van der Waals surface area contributed by atoms with Crippen molar-refractivity contribution in [2.45, 2.75) is 18.9 Å². The summed E-state index contributed by atoms with van der Waals surface area (Å²) < 4.78 is 0. The maximum Gasteiger partial charge on any atom is 0.312 e. The molecule has 0 aliphatic rings. The summed E-state index contributed by atoms with van der Waals surface area (Å²) in [4.78, 5) is 20.7. The predicted molar refractivity (Wildman–Crippen MR) is 48.8 cm³/mol. The number of hydrogen-bond donors (Lipinski definition) is 4. The fraction of sp³-hybridized carbons (Fsp3) is 0.667. The summed E-state index contributed by atoms with van der Waals surface area (Å²) >= 11 is 3.56. The molecular formula is C6H13N3O2S. The number of primary amides is 1. The minimum absolute atomic E-state index is 0.339. The van der Waals surface area contributed by atoms with Crippen molar-refractivity contribution in [2.75, 3.05) is 6.54 Å². The van der Waals surface area contributed by atoms with Crippen molar-refractivity contribution in [3.63, 3.8) is 0 Å². The highest BCUT2D eigenvalue weighted by atomic mass is 32.1. The molecular weight excluding hydrogens is 178 g/mol. The topological polar surface area (TPSA) is 98.2 Å². The molecule has 0 fully saturated rings. The van der Waals surface area contributed by atoms with Gasteiger partial charge in [-0.15, -0.1) is 12.6 Å². The van der Waals surface area contributed by atoms with Crippen molar-refractivity contribution < 1.29 is 9.59 Å². The van der Waals surface area contributed by atoms with E-state index in [1.165, 1.54) is 0 Å². The molecule has 5 nitrogen and oxygen atoms in total. The molecule has 12 heavy (non-hydrogen) atoms. The standard InChI is InChI=1S/C6H13N3O2S/c7-4(5(10)12)2-1-3-9-6(8)11/h4H,1-3,7H2,(H,10,12)(H3,8,9,11). The Kier molecular flexibility index (Phi) is 5.48. The van der Waals surface area contributed by atoms with Crippen LogP contribution in [0.4, 0.5) is 4.79 Å². The van der Waals surface area contributed by atoms with Crippen molar-refractivity contribution in [3.05, 3.63) is 0 Å². The van der Waals surface area contributed by atoms with Crippen molar-refractivity contribution in [1.29, 1.82) is 0 Å². The van der Waals surface area contributed by atoms with E-state index in [2.05, 4.69) is 17.9 Å². The Morgan fingerprint density at radius 2 is 2.08 bits per heavy atom. The molecule has 0 aromatic carbocycles. The second-order valence-electron chi connectivity index (χ2n) is 2.38. The number of hydrogen-bond acceptors (Lipinski definition) is 3. The van der Waals surface area contributed by atoms with Gasteiger partial charge in [0.05, 0.1) is 6.04 Å². The maximum atomic E-state index is 10.5. The van der Waals surface area contributed by atoms with Crippen LogP contribution in [0.3, 0.4) is 0 Å². The van der Waals surface area contributed by atoms with Crippen LogP contribution in [0.15, 0.2) is 0 Å². The largest absolute Gasteiger partial charge is 0.352 e. The number of amides is 2. The van der Waals surface area contributed by atoms with Gasteiger partial charge in [-0.2, -0.15) is 0 Å². The summed E-state index contributed by atoms with van der Waals surface area (Å²) in [7, 11) is 0. The summed E-state index contributed by atoms with van der Waals surface area (Å²) in [5.41, 5.74) is 10.2. The van der Waals surface area contributed by atoms with Crippen LogP contribution in [-0.2, 0) is 4.79 Å². The van der Waals surface area contributed by atoms with Crippen molar-refractivity contribution in [1.82, 2.24) is 5.32 Å². The van der Waals surface area contributed by atoms with E-state index in [9.17, 15) is 9.59 Å². The number of urea groups is 1. The Bertz CT molecular complexity index is 174. The number of carbonyl (C=O) groups excluding carboxylic acids is 2. The molecule has 1 atom stereocenters. The third-order valence-corrected chi connectivity index (χ3v) is 1.64. The third-order valence-electron chi connectivity index (χ3n) is 1.31. The summed E-state index contributed by atoms with van der Waals surface area (Å²) in [6, 6.07) is -1.12. The molecule has 1 unspecified atom stereocenters. The zero-order valence-corrected chi connectivity index (χ0v) is 7.51. The van der Waals surface area contributed by atoms with Crippen LogP contribution in [0, 0.1) is 0 Å². The summed E-state index contributed by atoms with van der Waals surface area (Å²) in [5, 5.41) is 2.05. The van der Waals surface area contributed by atoms with Crippen LogP contribution < -0.4 is 16.8 Å². The molecule has 5 N–H and O–H groups in total. The Balaban J connectivity index is 3.31. The first-order valence-electron chi connectivity index (χ1n) is 3.55. The fourth-order valence-corrected chi connectivity index (χ4v) is 0.786. The lowest BCUT2D eigenvalue weighted by molar-refractivity contribution is -0.112. The van der Waals surface area contributed by atoms with Gasteiger partial charge >= 0.3 is 6.03 Å². The minimum Gasteiger partial charge on any atom is -0.352 e. The minimum atomic E-state index is -0.569. The molecule has 0 spiro atoms. The molecule has 6 heteroatoms. The van der Waals surface area contributed by atoms with Gasteiger partial charge in [0.15, 0.2) is 0 Å². The van der Waals surface area contributed by atoms with Crippen LogP contribution in [-0.4, -0.2) is 23.7 Å². The molecule has 0 aliphatic heterocycles. The fourth-order valence-electron chi connectivity index (χ4n) is 0.657. The van der Waals surface area contributed by atoms with Crippen LogP contribution in [0.5, 0.6) is 0 Å². The highest BCUT2D eigenvalue weighted by molar-refractivity contribution is 7.96. The third kappa shape index (κ3) is 5.99. The van der Waals surface area contributed by atoms with Gasteiger partial charge in [0.2, 0.25) is 5.12 Å². The molecule has 0 saturated carbocycles. The van der Waals surface area contributed by atoms with Crippen LogP contribution in [0.2, 0.25) is 0 Å². The zero-order chi connectivity index (χ0) is 9.56. The Hall–Kier alpha value is -0.750. The van der Waals surface area contributed by atoms with Gasteiger partial charge in [-0.05, 0) is 12.8 Å². The van der Waals surface area contributed by atoms with E-state index in [-0.39, 0.29) is 5.12 Å². The lowest BCUT2D eigenvalue weighted by Crippen LogP contribution is -2.32. The number of thiol groups is 1. The molecule has 0 aromatic heterocycles. The van der Waals surface area contributed by atoms with E-state index in [4.69, 9.17) is 11.5 Å². The Morgan fingerprint density at radius 3 is 2.50 bits per heavy atom. The highest BCUT2D eigenvalue weighted by Gasteiger charge is 2.07. The van der Waals surface area contributed by atoms with E-state index in [1.807, 2.05) is 0 Å². The van der Waals surface area contributed by atoms with E-state index < -0.39 is 12.1 Å². The van der Waals surface area contributed by atoms with E-state index >= 15 is 0 Å². The molecule has 0 radical (unpaired) electrons. The van der Waals surface area contributed by atoms with Crippen molar-refractivity contribution in [3.8, 4) is 0 Å². The second kappa shape index (κ2) is 5.84. The van der Waals surface area contributed by atoms with E-state index in [0.29, 0.717) is 19.4 Å². The molecule has 0 heterocycles. The maximum absolute atomic E-state index is 10.5. The molecule has 0 bridgehead atoms. The Labute approximate surface area is 76.3 Å². The van der Waals surface area contributed by atoms with Gasteiger partial charge in [0, 0.05) is 6.54 Å². The van der Waals surface area contributed by atoms with Crippen LogP contribution >= 0.6 is 12.6 Å². The molecule has 70 valence electrons. The Morgan fingerprint density at radius 1 is 1.50 bits per heavy atom. The average molecular weight is 191 g/mol. The normalized spacial score (nSPS) is 12.2. The van der Waals surface area contributed by atoms with E-state index in [1.54, 1.807) is 0 Å². The van der Waals surface area contributed by atoms with Crippen LogP contribution in [0.1, 0.15) is 12.8 Å². The van der Waals surface area contributed by atoms with Crippen LogP contribution in [0.25, 0.3) is 0 Å². The van der Waals surface area contributed by atoms with E-state index in [0.717, 1.165) is 0 Å². The second-order valence-corrected chi connectivity index (χ2v) is 2.82. The number of nitrogens with two attached hydrogens (primary N) is 2. The lowest BCUT2D eigenvalue weighted by Gasteiger charge is -2.06. The summed E-state index contributed by atoms with van der Waals surface area (Å²) in [6.45, 7) is 0.435. The highest BCUT2D eigenvalue weighted by Crippen LogP contribution is 1.96. The number of nitrogens with one attached hydrogen (secondary N) is 1. The predicted octanol–water partition coefficient (Wildman–Crippen LogP) is -0.781. The quantitative estimate of drug-likeness (QED) is 0.339. The molecule has 2 amide bonds. The number of carbonyl (C=O) groups is 2. The van der Waals surface area contributed by atoms with Gasteiger partial charge in [-0.3, -0.25) is 4.79 Å². The molecule has 0 aliphatic carbocycles. The monoisotopic (exact) mass is 191 g/mol. The van der Waals surface area contributed by atoms with Gasteiger partial charge in [-0.25, -0.2) is 4.79 Å². The SMILES string of the molecule is NC(=O)NCCCC(N)C(=O)S. The first-order valence-corrected chi connectivity index (χ1v) is 4.00. The summed E-state index contributed by atoms with van der Waals surface area (Å²) in [6.07, 6.45) is 1.12. The van der Waals surface area contributed by atoms with Crippen molar-refractivity contribution >= 4 is 23.8 Å².